The van der Waals surface area contributed by atoms with E-state index in [9.17, 15) is 18.1 Å². The van der Waals surface area contributed by atoms with Crippen LogP contribution in [0.1, 0.15) is 52.0 Å². The predicted molar refractivity (Wildman–Crippen MR) is 133 cm³/mol. The van der Waals surface area contributed by atoms with Crippen molar-refractivity contribution in [1.82, 2.24) is 4.90 Å². The molecule has 0 bridgehead atoms. The van der Waals surface area contributed by atoms with Crippen LogP contribution >= 0.6 is 0 Å². The summed E-state index contributed by atoms with van der Waals surface area (Å²) in [5.74, 6) is -0.675. The molecule has 194 valence electrons. The van der Waals surface area contributed by atoms with Crippen LogP contribution in [0.3, 0.4) is 0 Å². The highest BCUT2D eigenvalue weighted by molar-refractivity contribution is 5.25. The number of nitrogens with zero attached hydrogens (tertiary/aromatic N) is 2. The number of hydrogen-bond donors (Lipinski definition) is 0. The SMILES string of the molecule is C=C(OCC)C(CCCOCC(C)(C)N(CC1=CCCC=C1)Cc1ccccc1)(N=O)C(F)(F)F. The molecule has 0 aromatic heterocycles. The fourth-order valence-corrected chi connectivity index (χ4v) is 4.02. The normalized spacial score (nSPS) is 16.0. The van der Waals surface area contributed by atoms with Crippen molar-refractivity contribution in [3.63, 3.8) is 0 Å². The van der Waals surface area contributed by atoms with Crippen LogP contribution in [0.5, 0.6) is 0 Å². The van der Waals surface area contributed by atoms with Gasteiger partial charge in [0.25, 0.3) is 5.54 Å². The second-order valence-corrected chi connectivity index (χ2v) is 9.37. The Hall–Kier alpha value is -2.45. The number of allylic oxidation sites excluding steroid dienone is 2. The molecule has 2 rings (SSSR count). The van der Waals surface area contributed by atoms with Gasteiger partial charge in [-0.05, 0) is 62.8 Å². The molecule has 35 heavy (non-hydrogen) atoms. The van der Waals surface area contributed by atoms with Crippen molar-refractivity contribution in [2.45, 2.75) is 70.3 Å². The van der Waals surface area contributed by atoms with E-state index < -0.39 is 23.9 Å². The molecule has 0 heterocycles. The van der Waals surface area contributed by atoms with Gasteiger partial charge in [-0.3, -0.25) is 4.90 Å². The van der Waals surface area contributed by atoms with Crippen LogP contribution in [0.4, 0.5) is 13.2 Å². The van der Waals surface area contributed by atoms with E-state index in [-0.39, 0.29) is 25.2 Å². The largest absolute Gasteiger partial charge is 0.496 e. The fourth-order valence-electron chi connectivity index (χ4n) is 4.02. The molecule has 1 aliphatic carbocycles. The van der Waals surface area contributed by atoms with Gasteiger partial charge in [0.05, 0.1) is 13.2 Å². The second-order valence-electron chi connectivity index (χ2n) is 9.37. The molecule has 0 saturated heterocycles. The van der Waals surface area contributed by atoms with E-state index in [1.807, 2.05) is 18.2 Å². The minimum absolute atomic E-state index is 0.0139. The third kappa shape index (κ3) is 8.04. The highest BCUT2D eigenvalue weighted by Crippen LogP contribution is 2.42. The Balaban J connectivity index is 2.01. The van der Waals surface area contributed by atoms with Gasteiger partial charge in [0.15, 0.2) is 0 Å². The molecule has 1 atom stereocenters. The number of hydrogen-bond acceptors (Lipinski definition) is 5. The number of nitroso groups, excluding NO2 is 1. The number of ether oxygens (including phenoxy) is 2. The number of benzene rings is 1. The lowest BCUT2D eigenvalue weighted by Gasteiger charge is -2.39. The molecule has 1 unspecified atom stereocenters. The maximum atomic E-state index is 13.7. The molecule has 5 nitrogen and oxygen atoms in total. The van der Waals surface area contributed by atoms with E-state index in [0.717, 1.165) is 19.4 Å². The minimum atomic E-state index is -4.89. The maximum absolute atomic E-state index is 13.7. The van der Waals surface area contributed by atoms with E-state index >= 15 is 0 Å². The summed E-state index contributed by atoms with van der Waals surface area (Å²) in [6.45, 7) is 10.8. The Morgan fingerprint density at radius 1 is 1.14 bits per heavy atom. The average Bonchev–Trinajstić information content (AvgIpc) is 2.81. The van der Waals surface area contributed by atoms with Crippen LogP contribution in [-0.2, 0) is 16.0 Å². The zero-order valence-corrected chi connectivity index (χ0v) is 20.9. The average molecular weight is 495 g/mol. The summed E-state index contributed by atoms with van der Waals surface area (Å²) in [4.78, 5) is 13.6. The lowest BCUT2D eigenvalue weighted by molar-refractivity contribution is -0.186. The zero-order valence-electron chi connectivity index (χ0n) is 20.9. The highest BCUT2D eigenvalue weighted by Gasteiger charge is 2.60. The van der Waals surface area contributed by atoms with Crippen LogP contribution in [0.25, 0.3) is 0 Å². The van der Waals surface area contributed by atoms with Crippen molar-refractivity contribution in [3.8, 4) is 0 Å². The monoisotopic (exact) mass is 494 g/mol. The number of halogens is 3. The summed E-state index contributed by atoms with van der Waals surface area (Å²) in [6.07, 6.45) is 3.12. The summed E-state index contributed by atoms with van der Waals surface area (Å²) >= 11 is 0. The second kappa shape index (κ2) is 13.0. The quantitative estimate of drug-likeness (QED) is 0.150. The lowest BCUT2D eigenvalue weighted by Crippen LogP contribution is -2.48. The standard InChI is InChI=1S/C27H37F3N2O3/c1-5-35-22(2)26(31-33,27(28,29)30)17-12-18-34-21-25(3,4)32(19-23-13-8-6-9-14-23)20-24-15-10-7-11-16-24/h6,8-10,13-16H,2,5,7,11-12,17-21H2,1,3-4H3. The summed E-state index contributed by atoms with van der Waals surface area (Å²) in [5, 5.41) is 2.42. The first-order valence-corrected chi connectivity index (χ1v) is 12.0. The first kappa shape index (κ1) is 28.8. The third-order valence-electron chi connectivity index (χ3n) is 6.20. The van der Waals surface area contributed by atoms with Crippen LogP contribution < -0.4 is 0 Å². The Bertz CT molecular complexity index is 881. The van der Waals surface area contributed by atoms with Crippen LogP contribution in [0.15, 0.2) is 71.6 Å². The molecule has 0 saturated carbocycles. The van der Waals surface area contributed by atoms with Crippen molar-refractivity contribution in [2.75, 3.05) is 26.4 Å². The van der Waals surface area contributed by atoms with Gasteiger partial charge in [-0.15, -0.1) is 4.91 Å². The van der Waals surface area contributed by atoms with Gasteiger partial charge in [0.2, 0.25) is 0 Å². The van der Waals surface area contributed by atoms with E-state index in [0.29, 0.717) is 13.2 Å². The van der Waals surface area contributed by atoms with Gasteiger partial charge in [0.1, 0.15) is 5.76 Å². The van der Waals surface area contributed by atoms with Gasteiger partial charge in [-0.25, -0.2) is 0 Å². The molecule has 0 fully saturated rings. The van der Waals surface area contributed by atoms with Crippen molar-refractivity contribution in [3.05, 3.63) is 76.9 Å². The van der Waals surface area contributed by atoms with Gasteiger partial charge in [-0.2, -0.15) is 13.2 Å². The van der Waals surface area contributed by atoms with E-state index in [4.69, 9.17) is 9.47 Å². The van der Waals surface area contributed by atoms with Gasteiger partial charge >= 0.3 is 6.18 Å². The van der Waals surface area contributed by atoms with Crippen molar-refractivity contribution < 1.29 is 22.6 Å². The molecule has 0 spiro atoms. The molecule has 8 heteroatoms. The summed E-state index contributed by atoms with van der Waals surface area (Å²) < 4.78 is 51.8. The molecule has 0 aliphatic heterocycles. The van der Waals surface area contributed by atoms with E-state index in [1.165, 1.54) is 18.1 Å². The van der Waals surface area contributed by atoms with Crippen molar-refractivity contribution >= 4 is 0 Å². The molecule has 1 aromatic carbocycles. The smallest absolute Gasteiger partial charge is 0.424 e. The molecular weight excluding hydrogens is 457 g/mol. The number of rotatable bonds is 15. The lowest BCUT2D eigenvalue weighted by atomic mass is 9.92. The van der Waals surface area contributed by atoms with Gasteiger partial charge in [-0.1, -0.05) is 55.1 Å². The Morgan fingerprint density at radius 3 is 2.43 bits per heavy atom. The Morgan fingerprint density at radius 2 is 1.86 bits per heavy atom. The summed E-state index contributed by atoms with van der Waals surface area (Å²) in [5.41, 5.74) is -0.953. The summed E-state index contributed by atoms with van der Waals surface area (Å²) in [7, 11) is 0. The maximum Gasteiger partial charge on any atom is 0.424 e. The van der Waals surface area contributed by atoms with Crippen molar-refractivity contribution in [2.24, 2.45) is 5.18 Å². The first-order valence-electron chi connectivity index (χ1n) is 12.0. The topological polar surface area (TPSA) is 51.1 Å². The number of alkyl halides is 3. The van der Waals surface area contributed by atoms with E-state index in [2.05, 4.69) is 60.9 Å². The van der Waals surface area contributed by atoms with Crippen molar-refractivity contribution in [1.29, 1.82) is 0 Å². The molecular formula is C27H37F3N2O3. The van der Waals surface area contributed by atoms with Gasteiger partial charge in [0, 0.05) is 25.2 Å². The molecule has 0 amide bonds. The van der Waals surface area contributed by atoms with Crippen LogP contribution in [-0.4, -0.2) is 48.5 Å². The highest BCUT2D eigenvalue weighted by atomic mass is 19.4. The Kier molecular flexibility index (Phi) is 10.7. The van der Waals surface area contributed by atoms with E-state index in [1.54, 1.807) is 0 Å². The minimum Gasteiger partial charge on any atom is -0.496 e. The van der Waals surface area contributed by atoms with Crippen LogP contribution in [0.2, 0.25) is 0 Å². The predicted octanol–water partition coefficient (Wildman–Crippen LogP) is 6.96. The fraction of sp³-hybridized carbons (Fsp3) is 0.556. The molecule has 0 N–H and O–H groups in total. The molecule has 1 aliphatic rings. The summed E-state index contributed by atoms with van der Waals surface area (Å²) in [6, 6.07) is 10.1. The molecule has 1 aromatic rings. The Labute approximate surface area is 206 Å². The third-order valence-corrected chi connectivity index (χ3v) is 6.20. The van der Waals surface area contributed by atoms with Crippen LogP contribution in [0, 0.1) is 4.91 Å². The van der Waals surface area contributed by atoms with Gasteiger partial charge < -0.3 is 9.47 Å². The zero-order chi connectivity index (χ0) is 26.0. The molecule has 0 radical (unpaired) electrons. The first-order chi connectivity index (χ1) is 16.6.